The first-order chi connectivity index (χ1) is 9.20. The molecule has 19 heavy (non-hydrogen) atoms. The van der Waals surface area contributed by atoms with Gasteiger partial charge in [0.2, 0.25) is 5.91 Å². The van der Waals surface area contributed by atoms with Crippen molar-refractivity contribution in [1.29, 1.82) is 0 Å². The van der Waals surface area contributed by atoms with Gasteiger partial charge in [-0.1, -0.05) is 30.3 Å². The summed E-state index contributed by atoms with van der Waals surface area (Å²) in [5, 5.41) is 12.2. The first-order valence-corrected chi connectivity index (χ1v) is 7.17. The second kappa shape index (κ2) is 6.71. The summed E-state index contributed by atoms with van der Waals surface area (Å²) in [7, 11) is 0. The van der Waals surface area contributed by atoms with Gasteiger partial charge in [-0.05, 0) is 44.1 Å². The van der Waals surface area contributed by atoms with Gasteiger partial charge in [0.05, 0.1) is 6.04 Å². The van der Waals surface area contributed by atoms with Crippen LogP contribution in [0.15, 0.2) is 30.3 Å². The first-order valence-electron chi connectivity index (χ1n) is 7.17. The molecule has 0 radical (unpaired) electrons. The molecule has 104 valence electrons. The molecule has 1 aliphatic carbocycles. The quantitative estimate of drug-likeness (QED) is 0.875. The predicted molar refractivity (Wildman–Crippen MR) is 75.5 cm³/mol. The van der Waals surface area contributed by atoms with E-state index >= 15 is 0 Å². The van der Waals surface area contributed by atoms with E-state index in [4.69, 9.17) is 5.11 Å². The van der Waals surface area contributed by atoms with Crippen LogP contribution in [0.4, 0.5) is 0 Å². The van der Waals surface area contributed by atoms with Crippen molar-refractivity contribution >= 4 is 5.91 Å². The molecular formula is C16H23NO2. The monoisotopic (exact) mass is 261 g/mol. The van der Waals surface area contributed by atoms with Crippen LogP contribution in [0.2, 0.25) is 0 Å². The number of carbonyl (C=O) groups excluding carboxylic acids is 1. The maximum absolute atomic E-state index is 12.2. The van der Waals surface area contributed by atoms with E-state index in [9.17, 15) is 4.79 Å². The Labute approximate surface area is 115 Å². The maximum Gasteiger partial charge on any atom is 0.223 e. The molecule has 1 aromatic carbocycles. The fourth-order valence-electron chi connectivity index (χ4n) is 2.76. The number of hydrogen-bond donors (Lipinski definition) is 2. The molecule has 0 aliphatic heterocycles. The van der Waals surface area contributed by atoms with Gasteiger partial charge in [-0.3, -0.25) is 4.79 Å². The Kier molecular flexibility index (Phi) is 4.97. The molecule has 0 bridgehead atoms. The summed E-state index contributed by atoms with van der Waals surface area (Å²) in [5.74, 6) is 0.678. The highest BCUT2D eigenvalue weighted by Crippen LogP contribution is 2.29. The predicted octanol–water partition coefficient (Wildman–Crippen LogP) is 2.66. The lowest BCUT2D eigenvalue weighted by molar-refractivity contribution is -0.127. The summed E-state index contributed by atoms with van der Waals surface area (Å²) < 4.78 is 0. The number of aliphatic hydroxyl groups excluding tert-OH is 1. The van der Waals surface area contributed by atoms with Crippen LogP contribution in [-0.2, 0) is 4.79 Å². The minimum absolute atomic E-state index is 0.0595. The van der Waals surface area contributed by atoms with Crippen LogP contribution in [0.1, 0.15) is 44.2 Å². The van der Waals surface area contributed by atoms with Gasteiger partial charge < -0.3 is 10.4 Å². The largest absolute Gasteiger partial charge is 0.396 e. The third-order valence-corrected chi connectivity index (χ3v) is 4.13. The van der Waals surface area contributed by atoms with Crippen LogP contribution < -0.4 is 5.32 Å². The van der Waals surface area contributed by atoms with Crippen LogP contribution >= 0.6 is 0 Å². The van der Waals surface area contributed by atoms with Crippen molar-refractivity contribution in [2.24, 2.45) is 11.8 Å². The van der Waals surface area contributed by atoms with Gasteiger partial charge in [0, 0.05) is 12.5 Å². The maximum atomic E-state index is 12.2. The van der Waals surface area contributed by atoms with Crippen molar-refractivity contribution in [2.75, 3.05) is 6.61 Å². The number of hydrogen-bond acceptors (Lipinski definition) is 2. The summed E-state index contributed by atoms with van der Waals surface area (Å²) in [6.45, 7) is 2.28. The van der Waals surface area contributed by atoms with Gasteiger partial charge in [-0.25, -0.2) is 0 Å². The van der Waals surface area contributed by atoms with E-state index in [1.165, 1.54) is 0 Å². The number of nitrogens with one attached hydrogen (secondary N) is 1. The van der Waals surface area contributed by atoms with Crippen molar-refractivity contribution in [1.82, 2.24) is 5.32 Å². The van der Waals surface area contributed by atoms with Crippen LogP contribution in [0.5, 0.6) is 0 Å². The molecule has 0 saturated heterocycles. The minimum atomic E-state index is 0.0595. The molecule has 0 aromatic heterocycles. The Morgan fingerprint density at radius 2 is 1.89 bits per heavy atom. The highest BCUT2D eigenvalue weighted by Gasteiger charge is 2.26. The number of carbonyl (C=O) groups is 1. The number of rotatable bonds is 4. The Hall–Kier alpha value is -1.35. The van der Waals surface area contributed by atoms with E-state index in [0.29, 0.717) is 5.92 Å². The Balaban J connectivity index is 1.84. The van der Waals surface area contributed by atoms with Gasteiger partial charge in [0.1, 0.15) is 0 Å². The summed E-state index contributed by atoms with van der Waals surface area (Å²) in [6, 6.07) is 10.1. The molecule has 3 nitrogen and oxygen atoms in total. The molecule has 1 atom stereocenters. The molecule has 1 fully saturated rings. The second-order valence-electron chi connectivity index (χ2n) is 5.54. The zero-order chi connectivity index (χ0) is 13.7. The van der Waals surface area contributed by atoms with Gasteiger partial charge in [0.15, 0.2) is 0 Å². The van der Waals surface area contributed by atoms with E-state index in [2.05, 4.69) is 5.32 Å². The molecule has 1 aromatic rings. The topological polar surface area (TPSA) is 49.3 Å². The molecule has 1 saturated carbocycles. The molecule has 1 amide bonds. The normalized spacial score (nSPS) is 24.7. The molecule has 0 heterocycles. The Morgan fingerprint density at radius 1 is 1.26 bits per heavy atom. The highest BCUT2D eigenvalue weighted by atomic mass is 16.3. The molecule has 3 heteroatoms. The Morgan fingerprint density at radius 3 is 2.47 bits per heavy atom. The van der Waals surface area contributed by atoms with E-state index in [0.717, 1.165) is 31.2 Å². The summed E-state index contributed by atoms with van der Waals surface area (Å²) in [6.07, 6.45) is 3.74. The molecule has 1 aliphatic rings. The summed E-state index contributed by atoms with van der Waals surface area (Å²) >= 11 is 0. The highest BCUT2D eigenvalue weighted by molar-refractivity contribution is 5.79. The van der Waals surface area contributed by atoms with Crippen LogP contribution in [-0.4, -0.2) is 17.6 Å². The van der Waals surface area contributed by atoms with Crippen molar-refractivity contribution in [2.45, 2.75) is 38.6 Å². The SMILES string of the molecule is CC(NC(=O)C1CCC(CO)CC1)c1ccccc1. The van der Waals surface area contributed by atoms with Crippen molar-refractivity contribution in [3.05, 3.63) is 35.9 Å². The lowest BCUT2D eigenvalue weighted by Gasteiger charge is -2.27. The number of aliphatic hydroxyl groups is 1. The zero-order valence-corrected chi connectivity index (χ0v) is 11.5. The second-order valence-corrected chi connectivity index (χ2v) is 5.54. The van der Waals surface area contributed by atoms with Gasteiger partial charge in [-0.15, -0.1) is 0 Å². The lowest BCUT2D eigenvalue weighted by atomic mass is 9.82. The summed E-state index contributed by atoms with van der Waals surface area (Å²) in [4.78, 5) is 12.2. The van der Waals surface area contributed by atoms with Gasteiger partial charge in [0.25, 0.3) is 0 Å². The third-order valence-electron chi connectivity index (χ3n) is 4.13. The van der Waals surface area contributed by atoms with Crippen molar-refractivity contribution in [3.8, 4) is 0 Å². The first kappa shape index (κ1) is 14.1. The Bertz CT molecular complexity index is 396. The molecule has 0 spiro atoms. The lowest BCUT2D eigenvalue weighted by Crippen LogP contribution is -2.35. The minimum Gasteiger partial charge on any atom is -0.396 e. The van der Waals surface area contributed by atoms with E-state index in [-0.39, 0.29) is 24.5 Å². The smallest absolute Gasteiger partial charge is 0.223 e. The van der Waals surface area contributed by atoms with Gasteiger partial charge in [-0.2, -0.15) is 0 Å². The van der Waals surface area contributed by atoms with Crippen LogP contribution in [0.25, 0.3) is 0 Å². The van der Waals surface area contributed by atoms with E-state index in [1.807, 2.05) is 37.3 Å². The van der Waals surface area contributed by atoms with Crippen molar-refractivity contribution in [3.63, 3.8) is 0 Å². The standard InChI is InChI=1S/C16H23NO2/c1-12(14-5-3-2-4-6-14)17-16(19)15-9-7-13(11-18)8-10-15/h2-6,12-13,15,18H,7-11H2,1H3,(H,17,19). The molecule has 2 N–H and O–H groups in total. The average Bonchev–Trinajstić information content (AvgIpc) is 2.48. The number of benzene rings is 1. The zero-order valence-electron chi connectivity index (χ0n) is 11.5. The molecule has 1 unspecified atom stereocenters. The molecular weight excluding hydrogens is 238 g/mol. The average molecular weight is 261 g/mol. The fraction of sp³-hybridized carbons (Fsp3) is 0.562. The third kappa shape index (κ3) is 3.80. The van der Waals surface area contributed by atoms with Crippen molar-refractivity contribution < 1.29 is 9.90 Å². The van der Waals surface area contributed by atoms with E-state index < -0.39 is 0 Å². The molecule has 2 rings (SSSR count). The van der Waals surface area contributed by atoms with Gasteiger partial charge >= 0.3 is 0 Å². The fourth-order valence-corrected chi connectivity index (χ4v) is 2.76. The summed E-state index contributed by atoms with van der Waals surface area (Å²) in [5.41, 5.74) is 1.14. The van der Waals surface area contributed by atoms with E-state index in [1.54, 1.807) is 0 Å². The number of amides is 1. The van der Waals surface area contributed by atoms with Crippen LogP contribution in [0.3, 0.4) is 0 Å². The van der Waals surface area contributed by atoms with Crippen LogP contribution in [0, 0.1) is 11.8 Å².